The number of rotatable bonds is 3. The number of benzene rings is 2. The first-order chi connectivity index (χ1) is 17.2. The molecule has 1 saturated carbocycles. The van der Waals surface area contributed by atoms with E-state index in [0.29, 0.717) is 31.0 Å². The van der Waals surface area contributed by atoms with Crippen LogP contribution in [0.25, 0.3) is 0 Å². The van der Waals surface area contributed by atoms with E-state index in [1.165, 1.54) is 37.7 Å². The first-order valence-corrected chi connectivity index (χ1v) is 14.0. The number of nitrogens with zero attached hydrogens (tertiary/aromatic N) is 1. The van der Waals surface area contributed by atoms with E-state index in [1.807, 2.05) is 6.07 Å². The van der Waals surface area contributed by atoms with Crippen molar-refractivity contribution in [1.82, 2.24) is 10.2 Å². The molecule has 3 fully saturated rings. The third-order valence-electron chi connectivity index (χ3n) is 9.81. The summed E-state index contributed by atoms with van der Waals surface area (Å²) in [5, 5.41) is 3.54. The number of hydrogen-bond acceptors (Lipinski definition) is 2. The Kier molecular flexibility index (Phi) is 6.43. The van der Waals surface area contributed by atoms with Crippen LogP contribution < -0.4 is 5.32 Å². The largest absolute Gasteiger partial charge is 0.339 e. The highest BCUT2D eigenvalue weighted by atomic mass is 19.1. The number of nitrogens with one attached hydrogen (secondary N) is 1. The Balaban J connectivity index is 1.32. The lowest BCUT2D eigenvalue weighted by molar-refractivity contribution is -0.143. The second-order valence-electron chi connectivity index (χ2n) is 11.6. The average molecular weight is 475 g/mol. The maximum atomic E-state index is 15.3. The predicted octanol–water partition coefficient (Wildman–Crippen LogP) is 5.97. The Morgan fingerprint density at radius 3 is 2.63 bits per heavy atom. The molecule has 0 unspecified atom stereocenters. The summed E-state index contributed by atoms with van der Waals surface area (Å²) < 4.78 is 15.3. The maximum Gasteiger partial charge on any atom is 0.228 e. The average Bonchev–Trinajstić information content (AvgIpc) is 3.32. The Hall–Kier alpha value is -2.20. The molecule has 2 aliphatic heterocycles. The molecule has 2 aliphatic carbocycles. The Bertz CT molecular complexity index is 1050. The van der Waals surface area contributed by atoms with Gasteiger partial charge in [-0.25, -0.2) is 4.39 Å². The van der Waals surface area contributed by atoms with Crippen LogP contribution in [0.2, 0.25) is 0 Å². The van der Waals surface area contributed by atoms with Gasteiger partial charge in [0.15, 0.2) is 0 Å². The number of fused-ring (bicyclic) bond motifs is 2. The molecule has 0 bridgehead atoms. The van der Waals surface area contributed by atoms with Crippen LogP contribution in [0.4, 0.5) is 4.39 Å². The van der Waals surface area contributed by atoms with Crippen LogP contribution >= 0.6 is 0 Å². The van der Waals surface area contributed by atoms with E-state index in [1.54, 1.807) is 6.07 Å². The molecule has 2 aromatic rings. The van der Waals surface area contributed by atoms with E-state index in [9.17, 15) is 4.79 Å². The smallest absolute Gasteiger partial charge is 0.228 e. The zero-order chi connectivity index (χ0) is 23.8. The van der Waals surface area contributed by atoms with E-state index in [4.69, 9.17) is 0 Å². The van der Waals surface area contributed by atoms with E-state index in [2.05, 4.69) is 46.6 Å². The molecular weight excluding hydrogens is 435 g/mol. The van der Waals surface area contributed by atoms with Crippen molar-refractivity contribution in [1.29, 1.82) is 0 Å². The van der Waals surface area contributed by atoms with Gasteiger partial charge in [0, 0.05) is 31.1 Å². The molecule has 35 heavy (non-hydrogen) atoms. The number of aryl methyl sites for hydroxylation is 1. The first-order valence-electron chi connectivity index (χ1n) is 14.0. The summed E-state index contributed by atoms with van der Waals surface area (Å²) in [6.45, 7) is 2.21. The van der Waals surface area contributed by atoms with Crippen LogP contribution in [0.15, 0.2) is 48.5 Å². The summed E-state index contributed by atoms with van der Waals surface area (Å²) in [6.07, 6.45) is 11.3. The van der Waals surface area contributed by atoms with Gasteiger partial charge in [-0.2, -0.15) is 0 Å². The lowest BCUT2D eigenvalue weighted by Gasteiger charge is -2.48. The molecule has 2 saturated heterocycles. The van der Waals surface area contributed by atoms with Crippen molar-refractivity contribution in [3.8, 4) is 0 Å². The molecule has 1 N–H and O–H groups in total. The molecular formula is C31H39FN2O. The van der Waals surface area contributed by atoms with Gasteiger partial charge >= 0.3 is 0 Å². The summed E-state index contributed by atoms with van der Waals surface area (Å²) >= 11 is 0. The molecule has 2 heterocycles. The van der Waals surface area contributed by atoms with Crippen molar-refractivity contribution in [2.24, 2.45) is 11.8 Å². The second kappa shape index (κ2) is 9.69. The number of amides is 1. The Morgan fingerprint density at radius 1 is 0.971 bits per heavy atom. The minimum Gasteiger partial charge on any atom is -0.339 e. The summed E-state index contributed by atoms with van der Waals surface area (Å²) in [7, 11) is 0. The van der Waals surface area contributed by atoms with Crippen molar-refractivity contribution >= 4 is 5.91 Å². The molecule has 1 spiro atoms. The number of piperidine rings is 1. The van der Waals surface area contributed by atoms with Crippen LogP contribution in [0.5, 0.6) is 0 Å². The number of carbonyl (C=O) groups is 1. The van der Waals surface area contributed by atoms with Gasteiger partial charge in [-0.15, -0.1) is 0 Å². The SMILES string of the molecule is O=C([C@H]1CNC[C@]12CCCc1cccc(F)c12)N1CC[C@@H](c2ccccc2)C[C@H]1C1CCCCC1. The third-order valence-corrected chi connectivity index (χ3v) is 9.81. The van der Waals surface area contributed by atoms with Gasteiger partial charge in [-0.3, -0.25) is 4.79 Å². The molecule has 3 nitrogen and oxygen atoms in total. The Morgan fingerprint density at radius 2 is 1.80 bits per heavy atom. The van der Waals surface area contributed by atoms with Crippen LogP contribution in [0.3, 0.4) is 0 Å². The third kappa shape index (κ3) is 4.12. The summed E-state index contributed by atoms with van der Waals surface area (Å²) in [5.41, 5.74) is 2.97. The highest BCUT2D eigenvalue weighted by molar-refractivity contribution is 5.82. The molecule has 0 aromatic heterocycles. The minimum atomic E-state index is -0.399. The fourth-order valence-electron chi connectivity index (χ4n) is 8.13. The molecule has 4 heteroatoms. The van der Waals surface area contributed by atoms with E-state index >= 15 is 4.39 Å². The van der Waals surface area contributed by atoms with Gasteiger partial charge in [0.2, 0.25) is 5.91 Å². The quantitative estimate of drug-likeness (QED) is 0.594. The normalized spacial score (nSPS) is 31.5. The van der Waals surface area contributed by atoms with E-state index < -0.39 is 5.41 Å². The highest BCUT2D eigenvalue weighted by Gasteiger charge is 2.53. The fourth-order valence-corrected chi connectivity index (χ4v) is 8.13. The lowest BCUT2D eigenvalue weighted by atomic mass is 9.63. The van der Waals surface area contributed by atoms with Gasteiger partial charge < -0.3 is 10.2 Å². The molecule has 186 valence electrons. The minimum absolute atomic E-state index is 0.115. The van der Waals surface area contributed by atoms with Crippen LogP contribution in [-0.2, 0) is 16.6 Å². The summed E-state index contributed by atoms with van der Waals surface area (Å²) in [4.78, 5) is 16.7. The van der Waals surface area contributed by atoms with Crippen molar-refractivity contribution < 1.29 is 9.18 Å². The van der Waals surface area contributed by atoms with Crippen molar-refractivity contribution in [2.75, 3.05) is 19.6 Å². The second-order valence-corrected chi connectivity index (χ2v) is 11.6. The first kappa shape index (κ1) is 23.2. The highest BCUT2D eigenvalue weighted by Crippen LogP contribution is 2.48. The van der Waals surface area contributed by atoms with Crippen LogP contribution in [0.1, 0.15) is 80.4 Å². The fraction of sp³-hybridized carbons (Fsp3) is 0.581. The molecule has 0 radical (unpaired) electrons. The van der Waals surface area contributed by atoms with Crippen molar-refractivity contribution in [2.45, 2.75) is 81.6 Å². The molecule has 4 atom stereocenters. The number of halogens is 1. The van der Waals surface area contributed by atoms with Gasteiger partial charge in [-0.05, 0) is 79.5 Å². The Labute approximate surface area is 209 Å². The standard InChI is InChI=1S/C31H39FN2O/c32-27-15-7-13-24-14-8-17-31(29(24)27)21-33-20-26(31)30(35)34-18-16-25(22-9-3-1-4-10-22)19-28(34)23-11-5-2-6-12-23/h1,3-4,7,9-10,13,15,23,25-26,28,33H,2,5-6,8,11-12,14,16-21H2/t25-,26-,28+,31-/m1/s1. The van der Waals surface area contributed by atoms with Crippen molar-refractivity contribution in [3.05, 3.63) is 71.0 Å². The molecule has 6 rings (SSSR count). The zero-order valence-electron chi connectivity index (χ0n) is 20.9. The van der Waals surface area contributed by atoms with Gasteiger partial charge in [0.1, 0.15) is 5.82 Å². The van der Waals surface area contributed by atoms with E-state index in [0.717, 1.165) is 49.8 Å². The maximum absolute atomic E-state index is 15.3. The summed E-state index contributed by atoms with van der Waals surface area (Å²) in [6, 6.07) is 16.7. The lowest BCUT2D eigenvalue weighted by Crippen LogP contribution is -2.55. The van der Waals surface area contributed by atoms with Gasteiger partial charge in [0.25, 0.3) is 0 Å². The monoisotopic (exact) mass is 474 g/mol. The van der Waals surface area contributed by atoms with E-state index in [-0.39, 0.29) is 17.6 Å². The van der Waals surface area contributed by atoms with Crippen LogP contribution in [-0.4, -0.2) is 36.5 Å². The molecule has 2 aromatic carbocycles. The predicted molar refractivity (Wildman–Crippen MR) is 138 cm³/mol. The topological polar surface area (TPSA) is 32.3 Å². The molecule has 4 aliphatic rings. The number of likely N-dealkylation sites (tertiary alicyclic amines) is 1. The van der Waals surface area contributed by atoms with Gasteiger partial charge in [0.05, 0.1) is 5.92 Å². The van der Waals surface area contributed by atoms with Crippen LogP contribution in [0, 0.1) is 17.7 Å². The zero-order valence-corrected chi connectivity index (χ0v) is 20.9. The number of carbonyl (C=O) groups excluding carboxylic acids is 1. The van der Waals surface area contributed by atoms with Gasteiger partial charge in [-0.1, -0.05) is 61.7 Å². The number of hydrogen-bond donors (Lipinski definition) is 1. The van der Waals surface area contributed by atoms with Crippen molar-refractivity contribution in [3.63, 3.8) is 0 Å². The molecule has 1 amide bonds. The summed E-state index contributed by atoms with van der Waals surface area (Å²) in [5.74, 6) is 1.12.